The Balaban J connectivity index is 1.90. The number of hydrogen-bond donors (Lipinski definition) is 1. The number of carbonyl (C=O) groups is 2. The Kier molecular flexibility index (Phi) is 6.38. The molecule has 2 aromatic rings. The number of anilines is 1. The van der Waals surface area contributed by atoms with Crippen LogP contribution in [0.25, 0.3) is 5.69 Å². The van der Waals surface area contributed by atoms with Crippen LogP contribution in [0.5, 0.6) is 0 Å². The van der Waals surface area contributed by atoms with Crippen molar-refractivity contribution < 1.29 is 18.7 Å². The van der Waals surface area contributed by atoms with Crippen LogP contribution < -0.4 is 10.2 Å². The second kappa shape index (κ2) is 8.69. The van der Waals surface area contributed by atoms with E-state index in [9.17, 15) is 14.0 Å². The lowest BCUT2D eigenvalue weighted by Gasteiger charge is -2.37. The van der Waals surface area contributed by atoms with Gasteiger partial charge in [0, 0.05) is 6.04 Å². The molecule has 1 aliphatic rings. The van der Waals surface area contributed by atoms with Crippen molar-refractivity contribution in [2.75, 3.05) is 4.90 Å². The Bertz CT molecular complexity index is 947. The van der Waals surface area contributed by atoms with Crippen molar-refractivity contribution in [1.82, 2.24) is 15.1 Å². The highest BCUT2D eigenvalue weighted by molar-refractivity contribution is 6.00. The van der Waals surface area contributed by atoms with Crippen LogP contribution in [0.2, 0.25) is 0 Å². The van der Waals surface area contributed by atoms with Crippen molar-refractivity contribution in [3.8, 4) is 5.69 Å². The fraction of sp³-hybridized carbons (Fsp3) is 0.522. The highest BCUT2D eigenvalue weighted by atomic mass is 19.1. The van der Waals surface area contributed by atoms with Crippen molar-refractivity contribution in [2.24, 2.45) is 5.92 Å². The lowest BCUT2D eigenvalue weighted by atomic mass is 9.97. The third kappa shape index (κ3) is 5.06. The minimum absolute atomic E-state index is 0.0486. The number of halogens is 1. The van der Waals surface area contributed by atoms with Crippen molar-refractivity contribution >= 4 is 17.7 Å². The Morgan fingerprint density at radius 1 is 1.23 bits per heavy atom. The smallest absolute Gasteiger partial charge is 0.408 e. The van der Waals surface area contributed by atoms with Crippen molar-refractivity contribution in [3.63, 3.8) is 0 Å². The van der Waals surface area contributed by atoms with Crippen molar-refractivity contribution in [1.29, 1.82) is 0 Å². The van der Waals surface area contributed by atoms with E-state index >= 15 is 0 Å². The number of rotatable bonds is 4. The molecule has 0 aliphatic carbocycles. The fourth-order valence-electron chi connectivity index (χ4n) is 3.75. The molecule has 1 aromatic heterocycles. The van der Waals surface area contributed by atoms with E-state index in [1.165, 1.54) is 12.1 Å². The molecule has 8 heteroatoms. The van der Waals surface area contributed by atoms with E-state index in [-0.39, 0.29) is 23.7 Å². The van der Waals surface area contributed by atoms with E-state index in [2.05, 4.69) is 10.4 Å². The van der Waals surface area contributed by atoms with E-state index in [1.807, 2.05) is 20.8 Å². The van der Waals surface area contributed by atoms with Gasteiger partial charge in [0.05, 0.1) is 23.3 Å². The first kappa shape index (κ1) is 22.8. The van der Waals surface area contributed by atoms with Crippen LogP contribution in [-0.2, 0) is 16.0 Å². The van der Waals surface area contributed by atoms with Gasteiger partial charge in [-0.3, -0.25) is 4.79 Å². The predicted octanol–water partition coefficient (Wildman–Crippen LogP) is 4.23. The summed E-state index contributed by atoms with van der Waals surface area (Å²) in [6.07, 6.45) is 2.54. The first-order valence-corrected chi connectivity index (χ1v) is 10.6. The summed E-state index contributed by atoms with van der Waals surface area (Å²) >= 11 is 0. The molecule has 2 atom stereocenters. The van der Waals surface area contributed by atoms with Gasteiger partial charge >= 0.3 is 6.09 Å². The zero-order valence-electron chi connectivity index (χ0n) is 19.0. The number of aromatic nitrogens is 2. The van der Waals surface area contributed by atoms with Gasteiger partial charge in [-0.05, 0) is 70.7 Å². The largest absolute Gasteiger partial charge is 0.444 e. The number of carbonyl (C=O) groups excluding carboxylic acids is 2. The van der Waals surface area contributed by atoms with Gasteiger partial charge in [-0.2, -0.15) is 5.10 Å². The van der Waals surface area contributed by atoms with E-state index in [0.29, 0.717) is 5.69 Å². The minimum Gasteiger partial charge on any atom is -0.444 e. The average molecular weight is 431 g/mol. The third-order valence-corrected chi connectivity index (χ3v) is 5.26. The van der Waals surface area contributed by atoms with Gasteiger partial charge in [0.15, 0.2) is 0 Å². The van der Waals surface area contributed by atoms with Crippen LogP contribution in [0.3, 0.4) is 0 Å². The van der Waals surface area contributed by atoms with Crippen LogP contribution in [0.4, 0.5) is 14.9 Å². The maximum atomic E-state index is 13.6. The second-order valence-corrected chi connectivity index (χ2v) is 9.33. The van der Waals surface area contributed by atoms with Crippen molar-refractivity contribution in [2.45, 2.75) is 72.1 Å². The average Bonchev–Trinajstić information content (AvgIpc) is 3.08. The van der Waals surface area contributed by atoms with Gasteiger partial charge in [0.1, 0.15) is 17.5 Å². The summed E-state index contributed by atoms with van der Waals surface area (Å²) in [6.45, 7) is 11.1. The first-order valence-electron chi connectivity index (χ1n) is 10.6. The van der Waals surface area contributed by atoms with Gasteiger partial charge in [-0.25, -0.2) is 13.9 Å². The molecule has 1 unspecified atom stereocenters. The van der Waals surface area contributed by atoms with Gasteiger partial charge in [0.25, 0.3) is 0 Å². The summed E-state index contributed by atoms with van der Waals surface area (Å²) in [5.41, 5.74) is 1.68. The molecule has 1 N–H and O–H groups in total. The molecular formula is C23H31FN4O3. The monoisotopic (exact) mass is 430 g/mol. The summed E-state index contributed by atoms with van der Waals surface area (Å²) in [6, 6.07) is 5.31. The molecule has 2 heterocycles. The number of nitrogens with zero attached hydrogens (tertiary/aromatic N) is 3. The van der Waals surface area contributed by atoms with Crippen LogP contribution in [-0.4, -0.2) is 39.5 Å². The molecule has 0 radical (unpaired) electrons. The lowest BCUT2D eigenvalue weighted by molar-refractivity contribution is -0.122. The molecule has 1 aromatic carbocycles. The molecule has 0 bridgehead atoms. The SMILES string of the molecule is CC(C)[C@@H](NC(=O)OC(C)(C)C)C(=O)N1c2cnn(-c3ccc(F)cc3)c2CCC1C. The highest BCUT2D eigenvalue weighted by Crippen LogP contribution is 2.33. The van der Waals surface area contributed by atoms with Gasteiger partial charge < -0.3 is 15.0 Å². The van der Waals surface area contributed by atoms with Crippen molar-refractivity contribution in [3.05, 3.63) is 42.0 Å². The Labute approximate surface area is 182 Å². The van der Waals surface area contributed by atoms with Gasteiger partial charge in [0.2, 0.25) is 5.91 Å². The minimum atomic E-state index is -0.738. The van der Waals surface area contributed by atoms with Crippen LogP contribution in [0, 0.1) is 11.7 Å². The summed E-state index contributed by atoms with van der Waals surface area (Å²) in [7, 11) is 0. The summed E-state index contributed by atoms with van der Waals surface area (Å²) < 4.78 is 20.4. The molecule has 1 aliphatic heterocycles. The van der Waals surface area contributed by atoms with E-state index in [1.54, 1.807) is 48.7 Å². The second-order valence-electron chi connectivity index (χ2n) is 9.33. The molecule has 0 saturated heterocycles. The standard InChI is InChI=1S/C23H31FN4O3/c1-14(2)20(26-22(30)31-23(4,5)6)21(29)27-15(3)7-12-18-19(27)13-25-28(18)17-10-8-16(24)9-11-17/h8-11,13-15,20H,7,12H2,1-6H3,(H,26,30)/t15?,20-/m1/s1. The molecular weight excluding hydrogens is 399 g/mol. The van der Waals surface area contributed by atoms with E-state index in [4.69, 9.17) is 4.74 Å². The Morgan fingerprint density at radius 3 is 2.45 bits per heavy atom. The Morgan fingerprint density at radius 2 is 1.87 bits per heavy atom. The molecule has 168 valence electrons. The molecule has 0 spiro atoms. The molecule has 0 fully saturated rings. The predicted molar refractivity (Wildman–Crippen MR) is 117 cm³/mol. The number of alkyl carbamates (subject to hydrolysis) is 1. The third-order valence-electron chi connectivity index (χ3n) is 5.26. The lowest BCUT2D eigenvalue weighted by Crippen LogP contribution is -2.55. The molecule has 0 saturated carbocycles. The number of ether oxygens (including phenoxy) is 1. The maximum absolute atomic E-state index is 13.6. The Hall–Kier alpha value is -2.90. The number of benzene rings is 1. The molecule has 7 nitrogen and oxygen atoms in total. The van der Waals surface area contributed by atoms with Gasteiger partial charge in [-0.15, -0.1) is 0 Å². The van der Waals surface area contributed by atoms with Crippen LogP contribution in [0.15, 0.2) is 30.5 Å². The fourth-order valence-corrected chi connectivity index (χ4v) is 3.75. The zero-order chi connectivity index (χ0) is 22.9. The molecule has 3 rings (SSSR count). The quantitative estimate of drug-likeness (QED) is 0.788. The zero-order valence-corrected chi connectivity index (χ0v) is 19.0. The van der Waals surface area contributed by atoms with Gasteiger partial charge in [-0.1, -0.05) is 13.8 Å². The number of hydrogen-bond acceptors (Lipinski definition) is 4. The number of nitrogens with one attached hydrogen (secondary N) is 1. The van der Waals surface area contributed by atoms with Crippen LogP contribution in [0.1, 0.15) is 53.7 Å². The maximum Gasteiger partial charge on any atom is 0.408 e. The molecule has 31 heavy (non-hydrogen) atoms. The van der Waals surface area contributed by atoms with Crippen LogP contribution >= 0.6 is 0 Å². The summed E-state index contributed by atoms with van der Waals surface area (Å²) in [4.78, 5) is 27.6. The highest BCUT2D eigenvalue weighted by Gasteiger charge is 2.37. The normalized spacial score (nSPS) is 17.3. The summed E-state index contributed by atoms with van der Waals surface area (Å²) in [5, 5.41) is 7.21. The number of amides is 2. The van der Waals surface area contributed by atoms with E-state index < -0.39 is 17.7 Å². The first-order chi connectivity index (χ1) is 14.5. The topological polar surface area (TPSA) is 76.5 Å². The van der Waals surface area contributed by atoms with E-state index in [0.717, 1.165) is 24.2 Å². The number of fused-ring (bicyclic) bond motifs is 1. The molecule has 2 amide bonds. The summed E-state index contributed by atoms with van der Waals surface area (Å²) in [5.74, 6) is -0.652.